The zero-order valence-corrected chi connectivity index (χ0v) is 16.8. The fraction of sp³-hybridized carbons (Fsp3) is 0.333. The van der Waals surface area contributed by atoms with Crippen LogP contribution in [0.3, 0.4) is 0 Å². The van der Waals surface area contributed by atoms with E-state index in [1.807, 2.05) is 13.0 Å². The summed E-state index contributed by atoms with van der Waals surface area (Å²) in [5, 5.41) is 11.8. The summed E-state index contributed by atoms with van der Waals surface area (Å²) in [6.07, 6.45) is 0.856. The van der Waals surface area contributed by atoms with E-state index in [9.17, 15) is 17.6 Å². The molecule has 1 fully saturated rings. The lowest BCUT2D eigenvalue weighted by molar-refractivity contribution is -0.126. The van der Waals surface area contributed by atoms with Crippen molar-refractivity contribution in [2.45, 2.75) is 30.7 Å². The Morgan fingerprint density at radius 2 is 1.72 bits per heavy atom. The topological polar surface area (TPSA) is 90.3 Å². The number of carbonyl (C=O) groups is 1. The normalized spacial score (nSPS) is 16.7. The monoisotopic (exact) mass is 415 g/mol. The molecule has 1 amide bonds. The van der Waals surface area contributed by atoms with Crippen LogP contribution >= 0.6 is 0 Å². The number of rotatable bonds is 5. The molecule has 0 bridgehead atoms. The molecule has 152 valence electrons. The fourth-order valence-electron chi connectivity index (χ4n) is 3.37. The summed E-state index contributed by atoms with van der Waals surface area (Å²) in [7, 11) is -3.65. The van der Waals surface area contributed by atoms with E-state index in [0.29, 0.717) is 18.4 Å². The Hall–Kier alpha value is -2.76. The minimum Gasteiger partial charge on any atom is -0.349 e. The van der Waals surface area contributed by atoms with Gasteiger partial charge in [-0.1, -0.05) is 12.1 Å². The third-order valence-corrected chi connectivity index (χ3v) is 7.09. The highest BCUT2D eigenvalue weighted by atomic mass is 32.2. The molecule has 3 rings (SSSR count). The van der Waals surface area contributed by atoms with Gasteiger partial charge in [-0.05, 0) is 61.7 Å². The highest BCUT2D eigenvalue weighted by molar-refractivity contribution is 7.89. The molecule has 8 heteroatoms. The van der Waals surface area contributed by atoms with Crippen molar-refractivity contribution in [1.82, 2.24) is 9.62 Å². The first-order valence-corrected chi connectivity index (χ1v) is 10.8. The van der Waals surface area contributed by atoms with Crippen molar-refractivity contribution < 1.29 is 17.6 Å². The molecule has 29 heavy (non-hydrogen) atoms. The maximum Gasteiger partial charge on any atom is 0.243 e. The van der Waals surface area contributed by atoms with Gasteiger partial charge in [0.05, 0.1) is 22.6 Å². The second-order valence-corrected chi connectivity index (χ2v) is 9.03. The van der Waals surface area contributed by atoms with Crippen LogP contribution in [0.15, 0.2) is 53.4 Å². The minimum atomic E-state index is -3.65. The van der Waals surface area contributed by atoms with E-state index in [-0.39, 0.29) is 41.7 Å². The smallest absolute Gasteiger partial charge is 0.243 e. The standard InChI is InChI=1S/C21H22FN3O3S/c1-15(17-4-6-19(22)7-5-17)24-21(26)18-10-12-25(13-11-18)29(27,28)20-8-2-16(14-23)3-9-20/h2-9,15,18H,10-13H2,1H3,(H,24,26)/t15-/m0/s1. The van der Waals surface area contributed by atoms with Gasteiger partial charge >= 0.3 is 0 Å². The molecule has 0 unspecified atom stereocenters. The minimum absolute atomic E-state index is 0.128. The van der Waals surface area contributed by atoms with Gasteiger partial charge < -0.3 is 5.32 Å². The summed E-state index contributed by atoms with van der Waals surface area (Å²) in [5.41, 5.74) is 1.20. The molecule has 0 radical (unpaired) electrons. The van der Waals surface area contributed by atoms with Crippen LogP contribution < -0.4 is 5.32 Å². The second kappa shape index (κ2) is 8.72. The average Bonchev–Trinajstić information content (AvgIpc) is 2.74. The van der Waals surface area contributed by atoms with Crippen LogP contribution in [0.5, 0.6) is 0 Å². The number of carbonyl (C=O) groups excluding carboxylic acids is 1. The molecule has 2 aromatic carbocycles. The second-order valence-electron chi connectivity index (χ2n) is 7.10. The number of sulfonamides is 1. The zero-order chi connectivity index (χ0) is 21.0. The molecule has 1 aliphatic rings. The third kappa shape index (κ3) is 4.81. The number of nitriles is 1. The van der Waals surface area contributed by atoms with Gasteiger partial charge in [-0.25, -0.2) is 12.8 Å². The van der Waals surface area contributed by atoms with Gasteiger partial charge in [-0.2, -0.15) is 9.57 Å². The molecular formula is C21H22FN3O3S. The van der Waals surface area contributed by atoms with Gasteiger partial charge in [0.1, 0.15) is 5.82 Å². The fourth-order valence-corrected chi connectivity index (χ4v) is 4.84. The van der Waals surface area contributed by atoms with E-state index in [4.69, 9.17) is 5.26 Å². The molecule has 2 aromatic rings. The number of nitrogens with one attached hydrogen (secondary N) is 1. The van der Waals surface area contributed by atoms with Crippen LogP contribution in [0.1, 0.15) is 36.9 Å². The summed E-state index contributed by atoms with van der Waals surface area (Å²) in [6, 6.07) is 13.5. The predicted octanol–water partition coefficient (Wildman–Crippen LogP) is 2.98. The van der Waals surface area contributed by atoms with Gasteiger partial charge in [0, 0.05) is 19.0 Å². The van der Waals surface area contributed by atoms with Crippen molar-refractivity contribution in [2.75, 3.05) is 13.1 Å². The van der Waals surface area contributed by atoms with Crippen molar-refractivity contribution in [2.24, 2.45) is 5.92 Å². The summed E-state index contributed by atoms with van der Waals surface area (Å²) in [5.74, 6) is -0.731. The van der Waals surface area contributed by atoms with Crippen LogP contribution in [-0.4, -0.2) is 31.7 Å². The van der Waals surface area contributed by atoms with Gasteiger partial charge in [0.2, 0.25) is 15.9 Å². The molecule has 0 spiro atoms. The van der Waals surface area contributed by atoms with Crippen LogP contribution in [0.25, 0.3) is 0 Å². The maximum atomic E-state index is 13.0. The van der Waals surface area contributed by atoms with E-state index in [0.717, 1.165) is 5.56 Å². The molecular weight excluding hydrogens is 393 g/mol. The molecule has 6 nitrogen and oxygen atoms in total. The molecule has 1 N–H and O–H groups in total. The Bertz CT molecular complexity index is 1010. The van der Waals surface area contributed by atoms with Crippen molar-refractivity contribution in [3.05, 3.63) is 65.5 Å². The van der Waals surface area contributed by atoms with E-state index in [2.05, 4.69) is 5.32 Å². The van der Waals surface area contributed by atoms with E-state index in [1.54, 1.807) is 12.1 Å². The lowest BCUT2D eigenvalue weighted by Gasteiger charge is -2.31. The lowest BCUT2D eigenvalue weighted by atomic mass is 9.96. The molecule has 1 atom stereocenters. The first-order valence-electron chi connectivity index (χ1n) is 9.37. The van der Waals surface area contributed by atoms with Gasteiger partial charge in [-0.15, -0.1) is 0 Å². The summed E-state index contributed by atoms with van der Waals surface area (Å²) in [4.78, 5) is 12.7. The number of halogens is 1. The largest absolute Gasteiger partial charge is 0.349 e. The van der Waals surface area contributed by atoms with Gasteiger partial charge in [0.15, 0.2) is 0 Å². The van der Waals surface area contributed by atoms with E-state index in [1.165, 1.54) is 40.7 Å². The Morgan fingerprint density at radius 3 is 2.28 bits per heavy atom. The number of hydrogen-bond donors (Lipinski definition) is 1. The SMILES string of the molecule is C[C@H](NC(=O)C1CCN(S(=O)(=O)c2ccc(C#N)cc2)CC1)c1ccc(F)cc1. The molecule has 1 aliphatic heterocycles. The number of amides is 1. The van der Waals surface area contributed by atoms with Crippen LogP contribution in [0.4, 0.5) is 4.39 Å². The Balaban J connectivity index is 1.58. The van der Waals surface area contributed by atoms with Crippen molar-refractivity contribution >= 4 is 15.9 Å². The number of hydrogen-bond acceptors (Lipinski definition) is 4. The predicted molar refractivity (Wildman–Crippen MR) is 106 cm³/mol. The van der Waals surface area contributed by atoms with E-state index >= 15 is 0 Å². The first-order chi connectivity index (χ1) is 13.8. The maximum absolute atomic E-state index is 13.0. The van der Waals surface area contributed by atoms with Crippen LogP contribution in [0.2, 0.25) is 0 Å². The average molecular weight is 415 g/mol. The van der Waals surface area contributed by atoms with Crippen molar-refractivity contribution in [3.8, 4) is 6.07 Å². The summed E-state index contributed by atoms with van der Waals surface area (Å²) < 4.78 is 39.9. The van der Waals surface area contributed by atoms with Gasteiger partial charge in [0.25, 0.3) is 0 Å². The highest BCUT2D eigenvalue weighted by Gasteiger charge is 2.32. The Kier molecular flexibility index (Phi) is 6.30. The van der Waals surface area contributed by atoms with Crippen molar-refractivity contribution in [1.29, 1.82) is 5.26 Å². The van der Waals surface area contributed by atoms with Crippen molar-refractivity contribution in [3.63, 3.8) is 0 Å². The summed E-state index contributed by atoms with van der Waals surface area (Å²) in [6.45, 7) is 2.34. The molecule has 1 saturated heterocycles. The molecule has 1 heterocycles. The highest BCUT2D eigenvalue weighted by Crippen LogP contribution is 2.25. The Morgan fingerprint density at radius 1 is 1.14 bits per heavy atom. The quantitative estimate of drug-likeness (QED) is 0.813. The third-order valence-electron chi connectivity index (χ3n) is 5.17. The Labute approximate surface area is 170 Å². The lowest BCUT2D eigenvalue weighted by Crippen LogP contribution is -2.43. The van der Waals surface area contributed by atoms with Crippen LogP contribution in [-0.2, 0) is 14.8 Å². The van der Waals surface area contributed by atoms with E-state index < -0.39 is 10.0 Å². The summed E-state index contributed by atoms with van der Waals surface area (Å²) >= 11 is 0. The number of piperidine rings is 1. The molecule has 0 saturated carbocycles. The molecule has 0 aliphatic carbocycles. The van der Waals surface area contributed by atoms with Gasteiger partial charge in [-0.3, -0.25) is 4.79 Å². The number of nitrogens with zero attached hydrogens (tertiary/aromatic N) is 2. The molecule has 0 aromatic heterocycles. The van der Waals surface area contributed by atoms with Crippen LogP contribution in [0, 0.1) is 23.1 Å². The zero-order valence-electron chi connectivity index (χ0n) is 16.0. The first kappa shape index (κ1) is 21.0. The number of benzene rings is 2.